The predicted molar refractivity (Wildman–Crippen MR) is 73.7 cm³/mol. The van der Waals surface area contributed by atoms with E-state index in [1.807, 2.05) is 20.8 Å². The van der Waals surface area contributed by atoms with E-state index in [2.05, 4.69) is 4.98 Å². The summed E-state index contributed by atoms with van der Waals surface area (Å²) in [6.45, 7) is 10.0. The van der Waals surface area contributed by atoms with Crippen LogP contribution in [0.1, 0.15) is 59.3 Å². The van der Waals surface area contributed by atoms with Crippen molar-refractivity contribution in [3.63, 3.8) is 0 Å². The van der Waals surface area contributed by atoms with Crippen LogP contribution in [0.5, 0.6) is 0 Å². The molecule has 5 heteroatoms. The Balaban J connectivity index is 3.22. The molecule has 0 aromatic carbocycles. The van der Waals surface area contributed by atoms with Crippen LogP contribution in [0.3, 0.4) is 0 Å². The summed E-state index contributed by atoms with van der Waals surface area (Å²) in [4.78, 5) is 28.2. The molecule has 0 aliphatic rings. The lowest BCUT2D eigenvalue weighted by Gasteiger charge is -2.26. The SMILES string of the molecule is CCCN(C(=O)c1c(C)[nH]c(C(=O)O)c1C)C(C)C. The second-order valence-electron chi connectivity index (χ2n) is 5.02. The molecule has 0 saturated heterocycles. The molecule has 1 amide bonds. The Bertz CT molecular complexity index is 489. The largest absolute Gasteiger partial charge is 0.477 e. The fourth-order valence-electron chi connectivity index (χ4n) is 2.26. The number of nitrogens with zero attached hydrogens (tertiary/aromatic N) is 1. The van der Waals surface area contributed by atoms with Crippen LogP contribution in [0.25, 0.3) is 0 Å². The number of carboxylic acids is 1. The highest BCUT2D eigenvalue weighted by atomic mass is 16.4. The Morgan fingerprint density at radius 3 is 2.26 bits per heavy atom. The number of hydrogen-bond acceptors (Lipinski definition) is 2. The lowest BCUT2D eigenvalue weighted by molar-refractivity contribution is 0.0689. The number of carboxylic acid groups (broad SMARTS) is 1. The summed E-state index contributed by atoms with van der Waals surface area (Å²) in [5.74, 6) is -1.14. The highest BCUT2D eigenvalue weighted by Gasteiger charge is 2.26. The van der Waals surface area contributed by atoms with Crippen molar-refractivity contribution in [2.75, 3.05) is 6.54 Å². The number of aryl methyl sites for hydroxylation is 1. The highest BCUT2D eigenvalue weighted by Crippen LogP contribution is 2.21. The molecule has 0 spiro atoms. The maximum Gasteiger partial charge on any atom is 0.352 e. The molecule has 0 saturated carbocycles. The minimum Gasteiger partial charge on any atom is -0.477 e. The van der Waals surface area contributed by atoms with E-state index in [9.17, 15) is 9.59 Å². The van der Waals surface area contributed by atoms with E-state index >= 15 is 0 Å². The molecule has 0 atom stereocenters. The van der Waals surface area contributed by atoms with E-state index in [0.717, 1.165) is 6.42 Å². The number of carbonyl (C=O) groups excluding carboxylic acids is 1. The van der Waals surface area contributed by atoms with Gasteiger partial charge >= 0.3 is 5.97 Å². The van der Waals surface area contributed by atoms with Crippen molar-refractivity contribution < 1.29 is 14.7 Å². The lowest BCUT2D eigenvalue weighted by atomic mass is 10.1. The van der Waals surface area contributed by atoms with E-state index in [-0.39, 0.29) is 17.6 Å². The van der Waals surface area contributed by atoms with Crippen molar-refractivity contribution in [2.24, 2.45) is 0 Å². The normalized spacial score (nSPS) is 10.8. The maximum atomic E-state index is 12.6. The Morgan fingerprint density at radius 1 is 1.32 bits per heavy atom. The molecule has 0 fully saturated rings. The number of amides is 1. The number of rotatable bonds is 5. The van der Waals surface area contributed by atoms with E-state index in [4.69, 9.17) is 5.11 Å². The van der Waals surface area contributed by atoms with Gasteiger partial charge in [-0.3, -0.25) is 4.79 Å². The molecule has 106 valence electrons. The first kappa shape index (κ1) is 15.3. The molecule has 0 aliphatic heterocycles. The van der Waals surface area contributed by atoms with Crippen LogP contribution < -0.4 is 0 Å². The lowest BCUT2D eigenvalue weighted by Crippen LogP contribution is -2.38. The molecule has 0 aliphatic carbocycles. The van der Waals surface area contributed by atoms with Gasteiger partial charge in [0.25, 0.3) is 5.91 Å². The number of aromatic carboxylic acids is 1. The zero-order valence-corrected chi connectivity index (χ0v) is 12.2. The van der Waals surface area contributed by atoms with Gasteiger partial charge in [-0.15, -0.1) is 0 Å². The van der Waals surface area contributed by atoms with E-state index < -0.39 is 5.97 Å². The molecular formula is C14H22N2O3. The molecule has 2 N–H and O–H groups in total. The average molecular weight is 266 g/mol. The zero-order chi connectivity index (χ0) is 14.7. The van der Waals surface area contributed by atoms with Crippen LogP contribution >= 0.6 is 0 Å². The van der Waals surface area contributed by atoms with Gasteiger partial charge in [0.15, 0.2) is 0 Å². The third kappa shape index (κ3) is 2.97. The van der Waals surface area contributed by atoms with Crippen molar-refractivity contribution in [2.45, 2.75) is 47.1 Å². The summed E-state index contributed by atoms with van der Waals surface area (Å²) < 4.78 is 0. The highest BCUT2D eigenvalue weighted by molar-refractivity contribution is 6.00. The van der Waals surface area contributed by atoms with Crippen molar-refractivity contribution in [1.82, 2.24) is 9.88 Å². The van der Waals surface area contributed by atoms with Crippen LogP contribution in [-0.2, 0) is 0 Å². The van der Waals surface area contributed by atoms with Gasteiger partial charge in [0.1, 0.15) is 5.69 Å². The first-order valence-corrected chi connectivity index (χ1v) is 6.54. The molecule has 19 heavy (non-hydrogen) atoms. The van der Waals surface area contributed by atoms with Crippen LogP contribution in [0.2, 0.25) is 0 Å². The summed E-state index contributed by atoms with van der Waals surface area (Å²) >= 11 is 0. The summed E-state index contributed by atoms with van der Waals surface area (Å²) in [6, 6.07) is 0.0921. The molecule has 0 bridgehead atoms. The minimum absolute atomic E-state index is 0.0921. The monoisotopic (exact) mass is 266 g/mol. The van der Waals surface area contributed by atoms with Crippen molar-refractivity contribution in [3.8, 4) is 0 Å². The number of aromatic amines is 1. The van der Waals surface area contributed by atoms with Gasteiger partial charge in [-0.1, -0.05) is 6.92 Å². The van der Waals surface area contributed by atoms with Crippen molar-refractivity contribution in [1.29, 1.82) is 0 Å². The standard InChI is InChI=1S/C14H22N2O3/c1-6-7-16(8(2)3)13(17)11-9(4)12(14(18)19)15-10(11)5/h8,15H,6-7H2,1-5H3,(H,18,19). The van der Waals surface area contributed by atoms with Gasteiger partial charge in [-0.25, -0.2) is 4.79 Å². The molecule has 1 rings (SSSR count). The molecule has 1 heterocycles. The first-order valence-electron chi connectivity index (χ1n) is 6.54. The van der Waals surface area contributed by atoms with Crippen LogP contribution in [0.4, 0.5) is 0 Å². The molecule has 0 unspecified atom stereocenters. The molecule has 1 aromatic heterocycles. The van der Waals surface area contributed by atoms with Crippen molar-refractivity contribution in [3.05, 3.63) is 22.5 Å². The Labute approximate surface area is 113 Å². The summed E-state index contributed by atoms with van der Waals surface area (Å²) in [7, 11) is 0. The first-order chi connectivity index (χ1) is 8.81. The van der Waals surface area contributed by atoms with Crippen LogP contribution in [-0.4, -0.2) is 39.5 Å². The predicted octanol–water partition coefficient (Wildman–Crippen LogP) is 2.59. The number of aromatic nitrogens is 1. The summed E-state index contributed by atoms with van der Waals surface area (Å²) in [5, 5.41) is 9.08. The Hall–Kier alpha value is -1.78. The van der Waals surface area contributed by atoms with Crippen LogP contribution in [0.15, 0.2) is 0 Å². The topological polar surface area (TPSA) is 73.4 Å². The quantitative estimate of drug-likeness (QED) is 0.860. The summed E-state index contributed by atoms with van der Waals surface area (Å²) in [6.07, 6.45) is 0.873. The fourth-order valence-corrected chi connectivity index (χ4v) is 2.26. The molecule has 1 aromatic rings. The smallest absolute Gasteiger partial charge is 0.352 e. The van der Waals surface area contributed by atoms with E-state index in [1.54, 1.807) is 18.7 Å². The Kier molecular flexibility index (Phi) is 4.75. The van der Waals surface area contributed by atoms with E-state index in [0.29, 0.717) is 23.4 Å². The third-order valence-electron chi connectivity index (χ3n) is 3.21. The van der Waals surface area contributed by atoms with Crippen LogP contribution in [0, 0.1) is 13.8 Å². The number of H-pyrrole nitrogens is 1. The molecule has 0 radical (unpaired) electrons. The second-order valence-corrected chi connectivity index (χ2v) is 5.02. The van der Waals surface area contributed by atoms with Gasteiger partial charge in [0, 0.05) is 18.3 Å². The average Bonchev–Trinajstić information content (AvgIpc) is 2.60. The maximum absolute atomic E-state index is 12.6. The van der Waals surface area contributed by atoms with Gasteiger partial charge < -0.3 is 15.0 Å². The van der Waals surface area contributed by atoms with Gasteiger partial charge in [0.2, 0.25) is 0 Å². The third-order valence-corrected chi connectivity index (χ3v) is 3.21. The number of hydrogen-bond donors (Lipinski definition) is 2. The summed E-state index contributed by atoms with van der Waals surface area (Å²) in [5.41, 5.74) is 1.71. The zero-order valence-electron chi connectivity index (χ0n) is 12.2. The molecule has 5 nitrogen and oxygen atoms in total. The second kappa shape index (κ2) is 5.91. The number of carbonyl (C=O) groups is 2. The molecular weight excluding hydrogens is 244 g/mol. The van der Waals surface area contributed by atoms with Crippen molar-refractivity contribution >= 4 is 11.9 Å². The van der Waals surface area contributed by atoms with Gasteiger partial charge in [-0.2, -0.15) is 0 Å². The van der Waals surface area contributed by atoms with Gasteiger partial charge in [-0.05, 0) is 39.7 Å². The van der Waals surface area contributed by atoms with E-state index in [1.165, 1.54) is 0 Å². The fraction of sp³-hybridized carbons (Fsp3) is 0.571. The van der Waals surface area contributed by atoms with Gasteiger partial charge in [0.05, 0.1) is 5.56 Å². The number of nitrogens with one attached hydrogen (secondary N) is 1. The minimum atomic E-state index is -1.04. The Morgan fingerprint density at radius 2 is 1.89 bits per heavy atom.